The van der Waals surface area contributed by atoms with E-state index in [1.165, 1.54) is 15.6 Å². The van der Waals surface area contributed by atoms with Gasteiger partial charge in [-0.15, -0.1) is 11.3 Å². The van der Waals surface area contributed by atoms with Crippen molar-refractivity contribution in [3.63, 3.8) is 0 Å². The molecule has 4 rings (SSSR count). The number of hydrogen-bond acceptors (Lipinski definition) is 4. The lowest BCUT2D eigenvalue weighted by atomic mass is 10.2. The van der Waals surface area contributed by atoms with Crippen molar-refractivity contribution in [3.8, 4) is 0 Å². The summed E-state index contributed by atoms with van der Waals surface area (Å²) in [5.74, 6) is 0. The Morgan fingerprint density at radius 1 is 1.18 bits per heavy atom. The van der Waals surface area contributed by atoms with E-state index in [9.17, 15) is 21.6 Å². The van der Waals surface area contributed by atoms with Gasteiger partial charge in [0.2, 0.25) is 10.0 Å². The zero-order valence-corrected chi connectivity index (χ0v) is 16.7. The van der Waals surface area contributed by atoms with Crippen LogP contribution in [-0.2, 0) is 16.2 Å². The zero-order valence-electron chi connectivity index (χ0n) is 14.3. The Labute approximate surface area is 168 Å². The van der Waals surface area contributed by atoms with Gasteiger partial charge in [0.15, 0.2) is 0 Å². The smallest absolute Gasteiger partial charge is 0.239 e. The predicted molar refractivity (Wildman–Crippen MR) is 102 cm³/mol. The molecule has 1 fully saturated rings. The maximum atomic E-state index is 13.2. The van der Waals surface area contributed by atoms with E-state index in [2.05, 4.69) is 4.98 Å². The quantitative estimate of drug-likeness (QED) is 0.534. The maximum absolute atomic E-state index is 13.2. The molecule has 0 aliphatic carbocycles. The highest BCUT2D eigenvalue weighted by atomic mass is 35.5. The second-order valence-electron chi connectivity index (χ2n) is 6.44. The van der Waals surface area contributed by atoms with E-state index in [4.69, 9.17) is 11.6 Å². The minimum atomic E-state index is -4.66. The number of thiazole rings is 1. The van der Waals surface area contributed by atoms with Crippen LogP contribution in [0.5, 0.6) is 0 Å². The number of benzene rings is 2. The molecule has 0 bridgehead atoms. The second kappa shape index (κ2) is 6.98. The van der Waals surface area contributed by atoms with Crippen LogP contribution in [0.3, 0.4) is 0 Å². The van der Waals surface area contributed by atoms with Crippen LogP contribution in [0, 0.1) is 0 Å². The largest absolute Gasteiger partial charge is 0.416 e. The molecule has 3 aromatic rings. The van der Waals surface area contributed by atoms with Gasteiger partial charge in [-0.1, -0.05) is 23.7 Å². The van der Waals surface area contributed by atoms with Crippen LogP contribution in [0.15, 0.2) is 47.4 Å². The molecular formula is C18H14ClF3N2O2S2. The van der Waals surface area contributed by atoms with Gasteiger partial charge in [-0.3, -0.25) is 0 Å². The molecule has 1 atom stereocenters. The fourth-order valence-corrected chi connectivity index (χ4v) is 6.66. The summed E-state index contributed by atoms with van der Waals surface area (Å²) in [5.41, 5.74) is -0.282. The average molecular weight is 447 g/mol. The van der Waals surface area contributed by atoms with Gasteiger partial charge in [0.05, 0.1) is 26.8 Å². The van der Waals surface area contributed by atoms with Gasteiger partial charge >= 0.3 is 6.18 Å². The molecule has 0 radical (unpaired) electrons. The molecule has 10 heteroatoms. The van der Waals surface area contributed by atoms with Crippen LogP contribution < -0.4 is 0 Å². The Morgan fingerprint density at radius 3 is 2.64 bits per heavy atom. The third kappa shape index (κ3) is 3.41. The number of fused-ring (bicyclic) bond motifs is 1. The fraction of sp³-hybridized carbons (Fsp3) is 0.278. The van der Waals surface area contributed by atoms with Crippen molar-refractivity contribution in [3.05, 3.63) is 58.1 Å². The van der Waals surface area contributed by atoms with Gasteiger partial charge in [0.1, 0.15) is 9.90 Å². The lowest BCUT2D eigenvalue weighted by Gasteiger charge is -2.23. The van der Waals surface area contributed by atoms with Crippen molar-refractivity contribution in [1.82, 2.24) is 9.29 Å². The highest BCUT2D eigenvalue weighted by molar-refractivity contribution is 7.89. The molecule has 0 saturated carbocycles. The van der Waals surface area contributed by atoms with Gasteiger partial charge in [-0.05, 0) is 43.2 Å². The highest BCUT2D eigenvalue weighted by Crippen LogP contribution is 2.42. The number of hydrogen-bond donors (Lipinski definition) is 0. The standard InChI is InChI=1S/C18H14ClF3N2O2S2/c19-12-8-7-11(18(20,21)22)10-16(12)28(25,26)24-9-3-5-14(24)17-23-13-4-1-2-6-15(13)27-17/h1-2,4,6-8,10,14H,3,5,9H2. The first-order chi connectivity index (χ1) is 13.2. The Kier molecular flexibility index (Phi) is 4.89. The topological polar surface area (TPSA) is 50.3 Å². The average Bonchev–Trinajstić information content (AvgIpc) is 3.27. The van der Waals surface area contributed by atoms with Crippen molar-refractivity contribution in [1.29, 1.82) is 0 Å². The molecule has 1 aliphatic heterocycles. The van der Waals surface area contributed by atoms with Gasteiger partial charge in [0.25, 0.3) is 0 Å². The monoisotopic (exact) mass is 446 g/mol. The lowest BCUT2D eigenvalue weighted by molar-refractivity contribution is -0.137. The first-order valence-corrected chi connectivity index (χ1v) is 11.1. The number of alkyl halides is 3. The predicted octanol–water partition coefficient (Wildman–Crippen LogP) is 5.49. The van der Waals surface area contributed by atoms with Crippen LogP contribution >= 0.6 is 22.9 Å². The van der Waals surface area contributed by atoms with Crippen LogP contribution in [0.4, 0.5) is 13.2 Å². The number of sulfonamides is 1. The molecule has 2 heterocycles. The zero-order chi connectivity index (χ0) is 20.1. The summed E-state index contributed by atoms with van der Waals surface area (Å²) in [6, 6.07) is 9.28. The normalized spacial score (nSPS) is 18.8. The van der Waals surface area contributed by atoms with E-state index in [0.29, 0.717) is 23.9 Å². The summed E-state index contributed by atoms with van der Waals surface area (Å²) < 4.78 is 67.7. The second-order valence-corrected chi connectivity index (χ2v) is 9.76. The fourth-order valence-electron chi connectivity index (χ4n) is 3.31. The Hall–Kier alpha value is -1.68. The summed E-state index contributed by atoms with van der Waals surface area (Å²) in [5, 5.41) is 0.397. The SMILES string of the molecule is O=S(=O)(c1cc(C(F)(F)F)ccc1Cl)N1CCCC1c1nc2ccccc2s1. The number of para-hydroxylation sites is 1. The Bertz CT molecular complexity index is 1110. The van der Waals surface area contributed by atoms with E-state index in [-0.39, 0.29) is 11.6 Å². The lowest BCUT2D eigenvalue weighted by Crippen LogP contribution is -2.31. The minimum absolute atomic E-state index is 0.204. The van der Waals surface area contributed by atoms with Crippen molar-refractivity contribution in [2.45, 2.75) is 30.0 Å². The first kappa shape index (κ1) is 19.6. The van der Waals surface area contributed by atoms with E-state index < -0.39 is 32.7 Å². The summed E-state index contributed by atoms with van der Waals surface area (Å²) in [6.07, 6.45) is -3.52. The van der Waals surface area contributed by atoms with E-state index in [0.717, 1.165) is 22.3 Å². The molecule has 1 saturated heterocycles. The maximum Gasteiger partial charge on any atom is 0.416 e. The Balaban J connectivity index is 1.76. The van der Waals surface area contributed by atoms with Gasteiger partial charge in [0, 0.05) is 6.54 Å². The molecule has 0 N–H and O–H groups in total. The number of halogens is 4. The molecule has 0 amide bonds. The van der Waals surface area contributed by atoms with Crippen LogP contribution in [0.2, 0.25) is 5.02 Å². The van der Waals surface area contributed by atoms with Crippen molar-refractivity contribution in [2.24, 2.45) is 0 Å². The highest BCUT2D eigenvalue weighted by Gasteiger charge is 2.40. The molecule has 28 heavy (non-hydrogen) atoms. The molecular weight excluding hydrogens is 433 g/mol. The van der Waals surface area contributed by atoms with Gasteiger partial charge in [-0.2, -0.15) is 17.5 Å². The number of rotatable bonds is 3. The first-order valence-electron chi connectivity index (χ1n) is 8.42. The van der Waals surface area contributed by atoms with Crippen molar-refractivity contribution < 1.29 is 21.6 Å². The third-order valence-electron chi connectivity index (χ3n) is 4.64. The molecule has 1 aromatic heterocycles. The van der Waals surface area contributed by atoms with Crippen LogP contribution in [-0.4, -0.2) is 24.3 Å². The summed E-state index contributed by atoms with van der Waals surface area (Å²) in [4.78, 5) is 4.00. The van der Waals surface area contributed by atoms with Crippen molar-refractivity contribution >= 4 is 43.2 Å². The third-order valence-corrected chi connectivity index (χ3v) is 8.17. The molecule has 1 aliphatic rings. The summed E-state index contributed by atoms with van der Waals surface area (Å²) >= 11 is 7.37. The van der Waals surface area contributed by atoms with E-state index in [1.54, 1.807) is 0 Å². The van der Waals surface area contributed by atoms with E-state index in [1.807, 2.05) is 24.3 Å². The summed E-state index contributed by atoms with van der Waals surface area (Å²) in [6.45, 7) is 0.204. The molecule has 2 aromatic carbocycles. The van der Waals surface area contributed by atoms with Gasteiger partial charge < -0.3 is 0 Å². The minimum Gasteiger partial charge on any atom is -0.239 e. The number of aromatic nitrogens is 1. The van der Waals surface area contributed by atoms with E-state index >= 15 is 0 Å². The van der Waals surface area contributed by atoms with Crippen molar-refractivity contribution in [2.75, 3.05) is 6.54 Å². The Morgan fingerprint density at radius 2 is 1.93 bits per heavy atom. The molecule has 148 valence electrons. The van der Waals surface area contributed by atoms with Crippen LogP contribution in [0.25, 0.3) is 10.2 Å². The molecule has 1 unspecified atom stereocenters. The van der Waals surface area contributed by atoms with Crippen LogP contribution in [0.1, 0.15) is 29.5 Å². The molecule has 0 spiro atoms. The van der Waals surface area contributed by atoms with Gasteiger partial charge in [-0.25, -0.2) is 13.4 Å². The molecule has 4 nitrogen and oxygen atoms in total. The summed E-state index contributed by atoms with van der Waals surface area (Å²) in [7, 11) is -4.22. The number of nitrogens with zero attached hydrogens (tertiary/aromatic N) is 2.